The molecule has 10 N–H and O–H groups in total. The van der Waals surface area contributed by atoms with Crippen LogP contribution in [0, 0.1) is 5.92 Å². The quantitative estimate of drug-likeness (QED) is 0.103. The highest BCUT2D eigenvalue weighted by Gasteiger charge is 2.40. The van der Waals surface area contributed by atoms with Gasteiger partial charge in [-0.15, -0.1) is 0 Å². The monoisotopic (exact) mass is 569 g/mol. The molecule has 2 fully saturated rings. The average molecular weight is 570 g/mol. The Balaban J connectivity index is 1.37. The minimum absolute atomic E-state index is 0.0450. The Bertz CT molecular complexity index is 797. The summed E-state index contributed by atoms with van der Waals surface area (Å²) in [7, 11) is 0. The van der Waals surface area contributed by atoms with Gasteiger partial charge in [-0.1, -0.05) is 25.7 Å². The van der Waals surface area contributed by atoms with Gasteiger partial charge >= 0.3 is 5.97 Å². The van der Waals surface area contributed by atoms with Crippen LogP contribution >= 0.6 is 0 Å². The molecule has 11 nitrogen and oxygen atoms in total. The molecule has 2 saturated heterocycles. The first-order valence-electron chi connectivity index (χ1n) is 15.6. The van der Waals surface area contributed by atoms with E-state index in [4.69, 9.17) is 5.73 Å². The standard InChI is InChI=1S/C29H56N6O5/c1-21-25(37)15-24(35-14-13-31-20-35)23(34-21)8-6-4-3-5-7-22(18-36)9-10-29(40,17-27(38)39)19-33-28(2)11-12-32-26(30)16-28/h13,21-26,32-34,36-37,40H,3-12,14-20,30H2,1-2H3,(H,38,39)/p+1. The fourth-order valence-electron chi connectivity index (χ4n) is 6.83. The molecule has 0 bridgehead atoms. The number of carboxylic acids is 1. The first kappa shape index (κ1) is 33.3. The van der Waals surface area contributed by atoms with E-state index in [0.29, 0.717) is 31.3 Å². The van der Waals surface area contributed by atoms with E-state index in [1.165, 1.54) is 4.90 Å². The number of aliphatic hydroxyl groups excluding tert-OH is 2. The Morgan fingerprint density at radius 3 is 2.75 bits per heavy atom. The lowest BCUT2D eigenvalue weighted by molar-refractivity contribution is -0.914. The van der Waals surface area contributed by atoms with E-state index in [9.17, 15) is 25.2 Å². The Morgan fingerprint density at radius 1 is 1.30 bits per heavy atom. The molecule has 11 heteroatoms. The van der Waals surface area contributed by atoms with Gasteiger partial charge in [0.15, 0.2) is 6.67 Å². The van der Waals surface area contributed by atoms with Crippen molar-refractivity contribution in [2.45, 2.75) is 132 Å². The molecule has 0 aliphatic carbocycles. The number of rotatable bonds is 17. The van der Waals surface area contributed by atoms with Crippen LogP contribution in [0.5, 0.6) is 0 Å². The van der Waals surface area contributed by atoms with Gasteiger partial charge in [0.25, 0.3) is 0 Å². The molecule has 40 heavy (non-hydrogen) atoms. The van der Waals surface area contributed by atoms with E-state index in [2.05, 4.69) is 34.8 Å². The lowest BCUT2D eigenvalue weighted by Gasteiger charge is -2.41. The summed E-state index contributed by atoms with van der Waals surface area (Å²) in [5.74, 6) is -0.969. The molecule has 9 unspecified atom stereocenters. The molecule has 3 aliphatic heterocycles. The zero-order chi connectivity index (χ0) is 29.2. The molecule has 0 saturated carbocycles. The molecule has 0 spiro atoms. The SMILES string of the molecule is CC1NC(CCCCCCC(CO)CCC(O)(CNC2(C)CCNC(N)C2)CC(=O)O)C([NH+]2CC=NC2)CC1O. The third-order valence-electron chi connectivity index (χ3n) is 9.57. The van der Waals surface area contributed by atoms with Crippen LogP contribution < -0.4 is 26.6 Å². The minimum Gasteiger partial charge on any atom is -0.481 e. The number of β-amino-alcohol motifs (C(OH)–C–C–N with tert-alkyl or cyclic N) is 1. The number of nitrogens with two attached hydrogens (primary N) is 1. The van der Waals surface area contributed by atoms with Crippen molar-refractivity contribution in [3.8, 4) is 0 Å². The van der Waals surface area contributed by atoms with Crippen LogP contribution in [0.3, 0.4) is 0 Å². The largest absolute Gasteiger partial charge is 0.481 e. The summed E-state index contributed by atoms with van der Waals surface area (Å²) in [4.78, 5) is 17.4. The molecule has 3 rings (SSSR count). The Morgan fingerprint density at radius 2 is 2.08 bits per heavy atom. The predicted molar refractivity (Wildman–Crippen MR) is 156 cm³/mol. The zero-order valence-electron chi connectivity index (χ0n) is 24.8. The summed E-state index contributed by atoms with van der Waals surface area (Å²) in [6.07, 6.45) is 10.9. The maximum absolute atomic E-state index is 11.5. The fourth-order valence-corrected chi connectivity index (χ4v) is 6.83. The first-order chi connectivity index (χ1) is 19.0. The molecule has 0 radical (unpaired) electrons. The average Bonchev–Trinajstić information content (AvgIpc) is 3.43. The number of unbranched alkanes of at least 4 members (excludes halogenated alkanes) is 3. The van der Waals surface area contributed by atoms with Crippen LogP contribution in [-0.2, 0) is 4.79 Å². The van der Waals surface area contributed by atoms with Gasteiger partial charge < -0.3 is 47.0 Å². The van der Waals surface area contributed by atoms with Crippen LogP contribution in [0.25, 0.3) is 0 Å². The van der Waals surface area contributed by atoms with Crippen LogP contribution in [0.1, 0.15) is 90.9 Å². The maximum Gasteiger partial charge on any atom is 0.306 e. The van der Waals surface area contributed by atoms with E-state index in [1.807, 2.05) is 6.21 Å². The van der Waals surface area contributed by atoms with E-state index in [1.54, 1.807) is 0 Å². The number of aliphatic imine (C=N–C) groups is 1. The van der Waals surface area contributed by atoms with Crippen molar-refractivity contribution >= 4 is 12.2 Å². The number of hydrogen-bond acceptors (Lipinski definition) is 9. The number of aliphatic carboxylic acids is 1. The zero-order valence-corrected chi connectivity index (χ0v) is 24.8. The van der Waals surface area contributed by atoms with Gasteiger partial charge in [0.05, 0.1) is 36.5 Å². The van der Waals surface area contributed by atoms with E-state index >= 15 is 0 Å². The number of carbonyl (C=O) groups is 1. The van der Waals surface area contributed by atoms with Crippen molar-refractivity contribution in [2.24, 2.45) is 16.6 Å². The Labute approximate surface area is 240 Å². The molecule has 0 aromatic carbocycles. The van der Waals surface area contributed by atoms with Gasteiger partial charge in [0.1, 0.15) is 12.6 Å². The second kappa shape index (κ2) is 15.9. The minimum atomic E-state index is -1.37. The van der Waals surface area contributed by atoms with Crippen molar-refractivity contribution in [3.63, 3.8) is 0 Å². The predicted octanol–water partition coefficient (Wildman–Crippen LogP) is -0.655. The second-order valence-corrected chi connectivity index (χ2v) is 13.2. The smallest absolute Gasteiger partial charge is 0.306 e. The number of quaternary nitrogens is 1. The van der Waals surface area contributed by atoms with Gasteiger partial charge in [0, 0.05) is 31.2 Å². The van der Waals surface area contributed by atoms with Crippen LogP contribution in [0.4, 0.5) is 0 Å². The normalized spacial score (nSPS) is 35.0. The molecule has 232 valence electrons. The number of carboxylic acid groups (broad SMARTS) is 1. The number of hydrogen-bond donors (Lipinski definition) is 9. The van der Waals surface area contributed by atoms with E-state index in [0.717, 1.165) is 71.1 Å². The highest BCUT2D eigenvalue weighted by molar-refractivity contribution is 5.68. The first-order valence-corrected chi connectivity index (χ1v) is 15.6. The van der Waals surface area contributed by atoms with Crippen molar-refractivity contribution in [3.05, 3.63) is 0 Å². The van der Waals surface area contributed by atoms with Crippen LogP contribution in [-0.4, -0.2) is 107 Å². The summed E-state index contributed by atoms with van der Waals surface area (Å²) in [6.45, 7) is 6.89. The van der Waals surface area contributed by atoms with Crippen molar-refractivity contribution in [2.75, 3.05) is 32.9 Å². The maximum atomic E-state index is 11.5. The summed E-state index contributed by atoms with van der Waals surface area (Å²) < 4.78 is 0. The number of nitrogens with zero attached hydrogens (tertiary/aromatic N) is 1. The summed E-state index contributed by atoms with van der Waals surface area (Å²) in [5, 5.41) is 51.3. The van der Waals surface area contributed by atoms with Gasteiger partial charge in [-0.2, -0.15) is 0 Å². The van der Waals surface area contributed by atoms with Gasteiger partial charge in [-0.25, -0.2) is 4.99 Å². The van der Waals surface area contributed by atoms with Crippen LogP contribution in [0.15, 0.2) is 4.99 Å². The van der Waals surface area contributed by atoms with E-state index in [-0.39, 0.29) is 49.3 Å². The number of aliphatic hydroxyl groups is 3. The molecule has 0 amide bonds. The molecule has 3 aliphatic rings. The van der Waals surface area contributed by atoms with E-state index < -0.39 is 11.6 Å². The van der Waals surface area contributed by atoms with Gasteiger partial charge in [-0.3, -0.25) is 4.79 Å². The Hall–Kier alpha value is -1.18. The van der Waals surface area contributed by atoms with Gasteiger partial charge in [-0.05, 0) is 64.8 Å². The van der Waals surface area contributed by atoms with Crippen LogP contribution in [0.2, 0.25) is 0 Å². The number of piperidine rings is 2. The van der Waals surface area contributed by atoms with Crippen molar-refractivity contribution in [1.29, 1.82) is 0 Å². The molecule has 0 aromatic heterocycles. The summed E-state index contributed by atoms with van der Waals surface area (Å²) in [6, 6.07) is 0.897. The highest BCUT2D eigenvalue weighted by Crippen LogP contribution is 2.26. The lowest BCUT2D eigenvalue weighted by Crippen LogP contribution is -3.16. The fraction of sp³-hybridized carbons (Fsp3) is 0.931. The second-order valence-electron chi connectivity index (χ2n) is 13.2. The van der Waals surface area contributed by atoms with Crippen molar-refractivity contribution in [1.82, 2.24) is 16.0 Å². The summed E-state index contributed by atoms with van der Waals surface area (Å²) in [5.41, 5.74) is 4.44. The Kier molecular flexibility index (Phi) is 13.2. The topological polar surface area (TPSA) is 177 Å². The molecular formula is C29H57N6O5+. The molecule has 0 aromatic rings. The van der Waals surface area contributed by atoms with Gasteiger partial charge in [0.2, 0.25) is 0 Å². The van der Waals surface area contributed by atoms with Crippen molar-refractivity contribution < 1.29 is 30.1 Å². The number of nitrogens with one attached hydrogen (secondary N) is 4. The highest BCUT2D eigenvalue weighted by atomic mass is 16.4. The lowest BCUT2D eigenvalue weighted by atomic mass is 9.84. The third-order valence-corrected chi connectivity index (χ3v) is 9.57. The third kappa shape index (κ3) is 10.6. The summed E-state index contributed by atoms with van der Waals surface area (Å²) >= 11 is 0. The molecule has 3 heterocycles. The molecular weight excluding hydrogens is 512 g/mol. The molecule has 9 atom stereocenters.